The van der Waals surface area contributed by atoms with E-state index in [1.807, 2.05) is 38.1 Å². The summed E-state index contributed by atoms with van der Waals surface area (Å²) in [6.45, 7) is 4.50. The molecule has 0 saturated heterocycles. The lowest BCUT2D eigenvalue weighted by molar-refractivity contribution is 0.436. The van der Waals surface area contributed by atoms with Crippen molar-refractivity contribution in [2.75, 3.05) is 6.54 Å². The second-order valence-electron chi connectivity index (χ2n) is 4.61. The van der Waals surface area contributed by atoms with Crippen LogP contribution < -0.4 is 10.5 Å². The lowest BCUT2D eigenvalue weighted by atomic mass is 10.1. The van der Waals surface area contributed by atoms with E-state index >= 15 is 0 Å². The molecule has 100 valence electrons. The molecule has 2 aromatic carbocycles. The van der Waals surface area contributed by atoms with Gasteiger partial charge in [-0.2, -0.15) is 0 Å². The third-order valence-corrected chi connectivity index (χ3v) is 3.16. The fourth-order valence-corrected chi connectivity index (χ4v) is 1.92. The summed E-state index contributed by atoms with van der Waals surface area (Å²) in [6.07, 6.45) is 0.595. The number of aryl methyl sites for hydroxylation is 2. The zero-order valence-corrected chi connectivity index (χ0v) is 11.2. The SMILES string of the molecule is Cc1ccc(Oc2c(F)cccc2CCN)cc1C. The van der Waals surface area contributed by atoms with Crippen molar-refractivity contribution in [3.05, 3.63) is 58.9 Å². The highest BCUT2D eigenvalue weighted by molar-refractivity contribution is 5.41. The number of para-hydroxylation sites is 1. The number of benzene rings is 2. The molecule has 2 aromatic rings. The molecule has 0 aliphatic carbocycles. The highest BCUT2D eigenvalue weighted by Gasteiger charge is 2.10. The molecule has 3 heteroatoms. The molecule has 0 aromatic heterocycles. The Morgan fingerprint density at radius 2 is 1.89 bits per heavy atom. The van der Waals surface area contributed by atoms with E-state index < -0.39 is 0 Å². The Labute approximate surface area is 113 Å². The molecule has 0 atom stereocenters. The van der Waals surface area contributed by atoms with E-state index in [0.29, 0.717) is 18.7 Å². The van der Waals surface area contributed by atoms with Crippen LogP contribution in [0.3, 0.4) is 0 Å². The molecule has 19 heavy (non-hydrogen) atoms. The Hall–Kier alpha value is -1.87. The topological polar surface area (TPSA) is 35.2 Å². The standard InChI is InChI=1S/C16H18FNO/c1-11-6-7-14(10-12(11)2)19-16-13(8-9-18)4-3-5-15(16)17/h3-7,10H,8-9,18H2,1-2H3. The fourth-order valence-electron chi connectivity index (χ4n) is 1.92. The predicted molar refractivity (Wildman–Crippen MR) is 75.1 cm³/mol. The number of nitrogens with two attached hydrogens (primary N) is 1. The van der Waals surface area contributed by atoms with Crippen LogP contribution in [0.15, 0.2) is 36.4 Å². The first-order valence-corrected chi connectivity index (χ1v) is 6.34. The first-order chi connectivity index (χ1) is 9.11. The van der Waals surface area contributed by atoms with E-state index in [2.05, 4.69) is 0 Å². The highest BCUT2D eigenvalue weighted by atomic mass is 19.1. The van der Waals surface area contributed by atoms with Gasteiger partial charge in [0.2, 0.25) is 0 Å². The van der Waals surface area contributed by atoms with Gasteiger partial charge in [0.15, 0.2) is 11.6 Å². The number of hydrogen-bond donors (Lipinski definition) is 1. The van der Waals surface area contributed by atoms with Crippen molar-refractivity contribution in [2.24, 2.45) is 5.73 Å². The smallest absolute Gasteiger partial charge is 0.166 e. The molecule has 2 nitrogen and oxygen atoms in total. The minimum absolute atomic E-state index is 0.274. The Bertz CT molecular complexity index is 581. The van der Waals surface area contributed by atoms with Crippen molar-refractivity contribution >= 4 is 0 Å². The van der Waals surface area contributed by atoms with E-state index in [-0.39, 0.29) is 11.6 Å². The Morgan fingerprint density at radius 1 is 1.11 bits per heavy atom. The maximum absolute atomic E-state index is 13.9. The van der Waals surface area contributed by atoms with Gasteiger partial charge in [-0.25, -0.2) is 4.39 Å². The van der Waals surface area contributed by atoms with E-state index in [1.54, 1.807) is 6.07 Å². The normalized spacial score (nSPS) is 10.5. The summed E-state index contributed by atoms with van der Waals surface area (Å²) in [4.78, 5) is 0. The maximum Gasteiger partial charge on any atom is 0.166 e. The molecule has 0 fully saturated rings. The average Bonchev–Trinajstić information content (AvgIpc) is 2.38. The fraction of sp³-hybridized carbons (Fsp3) is 0.250. The van der Waals surface area contributed by atoms with Crippen molar-refractivity contribution in [1.29, 1.82) is 0 Å². The van der Waals surface area contributed by atoms with E-state index in [9.17, 15) is 4.39 Å². The number of rotatable bonds is 4. The molecule has 0 heterocycles. The minimum Gasteiger partial charge on any atom is -0.454 e. The van der Waals surface area contributed by atoms with Crippen LogP contribution in [0.25, 0.3) is 0 Å². The third-order valence-electron chi connectivity index (χ3n) is 3.16. The Balaban J connectivity index is 2.34. The quantitative estimate of drug-likeness (QED) is 0.907. The minimum atomic E-state index is -0.357. The van der Waals surface area contributed by atoms with Crippen LogP contribution in [0, 0.1) is 19.7 Å². The highest BCUT2D eigenvalue weighted by Crippen LogP contribution is 2.29. The number of halogens is 1. The van der Waals surface area contributed by atoms with Gasteiger partial charge in [0.05, 0.1) is 0 Å². The molecule has 0 aliphatic heterocycles. The van der Waals surface area contributed by atoms with E-state index in [1.165, 1.54) is 11.6 Å². The molecular weight excluding hydrogens is 241 g/mol. The molecule has 0 amide bonds. The summed E-state index contributed by atoms with van der Waals surface area (Å²) in [5.41, 5.74) is 8.63. The summed E-state index contributed by atoms with van der Waals surface area (Å²) < 4.78 is 19.6. The molecule has 0 spiro atoms. The molecule has 0 unspecified atom stereocenters. The molecule has 0 radical (unpaired) electrons. The van der Waals surface area contributed by atoms with Gasteiger partial charge < -0.3 is 10.5 Å². The van der Waals surface area contributed by atoms with Crippen molar-refractivity contribution in [1.82, 2.24) is 0 Å². The van der Waals surface area contributed by atoms with Crippen LogP contribution >= 0.6 is 0 Å². The first kappa shape index (κ1) is 13.6. The van der Waals surface area contributed by atoms with Crippen LogP contribution in [0.4, 0.5) is 4.39 Å². The summed E-state index contributed by atoms with van der Waals surface area (Å²) in [5.74, 6) is 0.562. The third kappa shape index (κ3) is 3.12. The van der Waals surface area contributed by atoms with Crippen LogP contribution in [0.2, 0.25) is 0 Å². The van der Waals surface area contributed by atoms with Gasteiger partial charge >= 0.3 is 0 Å². The molecule has 0 bridgehead atoms. The van der Waals surface area contributed by atoms with Crippen molar-refractivity contribution in [3.63, 3.8) is 0 Å². The van der Waals surface area contributed by atoms with Crippen LogP contribution in [-0.4, -0.2) is 6.54 Å². The van der Waals surface area contributed by atoms with Gasteiger partial charge in [-0.15, -0.1) is 0 Å². The van der Waals surface area contributed by atoms with Gasteiger partial charge in [-0.1, -0.05) is 18.2 Å². The van der Waals surface area contributed by atoms with Crippen molar-refractivity contribution in [2.45, 2.75) is 20.3 Å². The van der Waals surface area contributed by atoms with E-state index in [0.717, 1.165) is 11.1 Å². The second kappa shape index (κ2) is 5.85. The van der Waals surface area contributed by atoms with Crippen LogP contribution in [0.1, 0.15) is 16.7 Å². The summed E-state index contributed by atoms with van der Waals surface area (Å²) in [6, 6.07) is 10.6. The predicted octanol–water partition coefficient (Wildman–Crippen LogP) is 3.74. The van der Waals surface area contributed by atoms with Crippen molar-refractivity contribution in [3.8, 4) is 11.5 Å². The van der Waals surface area contributed by atoms with Crippen LogP contribution in [-0.2, 0) is 6.42 Å². The van der Waals surface area contributed by atoms with Gasteiger partial charge in [-0.3, -0.25) is 0 Å². The van der Waals surface area contributed by atoms with E-state index in [4.69, 9.17) is 10.5 Å². The molecule has 0 saturated carbocycles. The Kier molecular flexibility index (Phi) is 4.17. The summed E-state index contributed by atoms with van der Waals surface area (Å²) >= 11 is 0. The largest absolute Gasteiger partial charge is 0.454 e. The lowest BCUT2D eigenvalue weighted by Crippen LogP contribution is -2.05. The molecule has 2 N–H and O–H groups in total. The van der Waals surface area contributed by atoms with Gasteiger partial charge in [0.1, 0.15) is 5.75 Å². The van der Waals surface area contributed by atoms with Gasteiger partial charge in [0.25, 0.3) is 0 Å². The maximum atomic E-state index is 13.9. The van der Waals surface area contributed by atoms with Crippen LogP contribution in [0.5, 0.6) is 11.5 Å². The summed E-state index contributed by atoms with van der Waals surface area (Å²) in [7, 11) is 0. The monoisotopic (exact) mass is 259 g/mol. The number of ether oxygens (including phenoxy) is 1. The molecule has 0 aliphatic rings. The number of hydrogen-bond acceptors (Lipinski definition) is 2. The molecule has 2 rings (SSSR count). The zero-order chi connectivity index (χ0) is 13.8. The lowest BCUT2D eigenvalue weighted by Gasteiger charge is -2.12. The summed E-state index contributed by atoms with van der Waals surface area (Å²) in [5, 5.41) is 0. The van der Waals surface area contributed by atoms with Gasteiger partial charge in [-0.05, 0) is 61.7 Å². The molecular formula is C16H18FNO. The zero-order valence-electron chi connectivity index (χ0n) is 11.2. The first-order valence-electron chi connectivity index (χ1n) is 6.34. The van der Waals surface area contributed by atoms with Gasteiger partial charge in [0, 0.05) is 0 Å². The van der Waals surface area contributed by atoms with Crippen molar-refractivity contribution < 1.29 is 9.13 Å². The average molecular weight is 259 g/mol. The second-order valence-corrected chi connectivity index (χ2v) is 4.61. The Morgan fingerprint density at radius 3 is 2.58 bits per heavy atom.